The second kappa shape index (κ2) is 7.18. The van der Waals surface area contributed by atoms with Gasteiger partial charge < -0.3 is 14.8 Å². The molecule has 2 aromatic rings. The van der Waals surface area contributed by atoms with Gasteiger partial charge in [0.2, 0.25) is 0 Å². The van der Waals surface area contributed by atoms with Gasteiger partial charge in [0.05, 0.1) is 19.8 Å². The molecule has 3 nitrogen and oxygen atoms in total. The van der Waals surface area contributed by atoms with E-state index in [1.54, 1.807) is 0 Å². The molecule has 0 fully saturated rings. The minimum absolute atomic E-state index is 0.204. The molecule has 2 aromatic carbocycles. The Bertz CT molecular complexity index is 734. The molecule has 24 heavy (non-hydrogen) atoms. The van der Waals surface area contributed by atoms with Crippen LogP contribution in [0.1, 0.15) is 36.6 Å². The lowest BCUT2D eigenvalue weighted by Crippen LogP contribution is -2.87. The summed E-state index contributed by atoms with van der Waals surface area (Å²) in [5.41, 5.74) is 2.61. The highest BCUT2D eigenvalue weighted by Gasteiger charge is 2.29. The predicted octanol–water partition coefficient (Wildman–Crippen LogP) is 2.97. The summed E-state index contributed by atoms with van der Waals surface area (Å²) in [7, 11) is 0. The van der Waals surface area contributed by atoms with Crippen molar-refractivity contribution in [2.24, 2.45) is 0 Å². The number of fused-ring (bicyclic) bond motifs is 1. The molecule has 1 aliphatic heterocycles. The zero-order chi connectivity index (χ0) is 17.1. The monoisotopic (exact) mass is 334 g/mol. The molecule has 0 saturated carbocycles. The number of halogens is 2. The Hall–Kier alpha value is -2.14. The molecule has 1 atom stereocenters. The Morgan fingerprint density at radius 3 is 2.38 bits per heavy atom. The van der Waals surface area contributed by atoms with Crippen LogP contribution in [0.3, 0.4) is 0 Å². The lowest BCUT2D eigenvalue weighted by molar-refractivity contribution is -0.690. The second-order valence-corrected chi connectivity index (χ2v) is 5.78. The van der Waals surface area contributed by atoms with Gasteiger partial charge in [0, 0.05) is 23.6 Å². The van der Waals surface area contributed by atoms with Crippen molar-refractivity contribution >= 4 is 0 Å². The first-order valence-corrected chi connectivity index (χ1v) is 8.34. The highest BCUT2D eigenvalue weighted by Crippen LogP contribution is 2.36. The molecule has 0 amide bonds. The van der Waals surface area contributed by atoms with Crippen LogP contribution in [-0.2, 0) is 6.42 Å². The summed E-state index contributed by atoms with van der Waals surface area (Å²) in [5, 5.41) is 2.08. The molecule has 0 unspecified atom stereocenters. The van der Waals surface area contributed by atoms with Crippen molar-refractivity contribution in [3.63, 3.8) is 0 Å². The Balaban J connectivity index is 2.07. The van der Waals surface area contributed by atoms with Crippen LogP contribution in [0.4, 0.5) is 8.78 Å². The highest BCUT2D eigenvalue weighted by molar-refractivity contribution is 5.50. The quantitative estimate of drug-likeness (QED) is 0.912. The molecule has 2 N–H and O–H groups in total. The van der Waals surface area contributed by atoms with Crippen LogP contribution >= 0.6 is 0 Å². The van der Waals surface area contributed by atoms with E-state index in [1.807, 2.05) is 26.0 Å². The smallest absolute Gasteiger partial charge is 0.161 e. The third kappa shape index (κ3) is 3.22. The van der Waals surface area contributed by atoms with E-state index < -0.39 is 11.6 Å². The van der Waals surface area contributed by atoms with Crippen molar-refractivity contribution in [2.45, 2.75) is 26.3 Å². The van der Waals surface area contributed by atoms with Gasteiger partial charge in [-0.1, -0.05) is 0 Å². The molecular formula is C19H22F2NO2+. The fraction of sp³-hybridized carbons (Fsp3) is 0.368. The number of rotatable bonds is 5. The van der Waals surface area contributed by atoms with Crippen LogP contribution < -0.4 is 14.8 Å². The van der Waals surface area contributed by atoms with Gasteiger partial charge in [-0.3, -0.25) is 0 Å². The van der Waals surface area contributed by atoms with Crippen LogP contribution in [0, 0.1) is 11.6 Å². The molecule has 0 aromatic heterocycles. The van der Waals surface area contributed by atoms with Gasteiger partial charge in [-0.15, -0.1) is 0 Å². The summed E-state index contributed by atoms with van der Waals surface area (Å²) >= 11 is 0. The molecule has 1 heterocycles. The molecule has 128 valence electrons. The Kier molecular flexibility index (Phi) is 5.00. The zero-order valence-corrected chi connectivity index (χ0v) is 13.9. The van der Waals surface area contributed by atoms with Gasteiger partial charge >= 0.3 is 0 Å². The van der Waals surface area contributed by atoms with Crippen molar-refractivity contribution in [1.82, 2.24) is 0 Å². The molecule has 0 spiro atoms. The SMILES string of the molecule is CCOc1cc2c(cc1OCC)[C@H](c1ccc(F)cc1F)[NH2+]CC2. The largest absolute Gasteiger partial charge is 0.490 e. The minimum Gasteiger partial charge on any atom is -0.490 e. The lowest BCUT2D eigenvalue weighted by atomic mass is 9.89. The van der Waals surface area contributed by atoms with Crippen LogP contribution in [0.5, 0.6) is 11.5 Å². The van der Waals surface area contributed by atoms with Crippen molar-refractivity contribution < 1.29 is 23.6 Å². The number of hydrogen-bond acceptors (Lipinski definition) is 2. The second-order valence-electron chi connectivity index (χ2n) is 5.78. The molecular weight excluding hydrogens is 312 g/mol. The van der Waals surface area contributed by atoms with Crippen LogP contribution in [0.2, 0.25) is 0 Å². The van der Waals surface area contributed by atoms with Gasteiger partial charge in [0.15, 0.2) is 11.5 Å². The molecule has 3 rings (SSSR count). The van der Waals surface area contributed by atoms with Crippen molar-refractivity contribution in [3.05, 3.63) is 58.7 Å². The van der Waals surface area contributed by atoms with E-state index in [-0.39, 0.29) is 6.04 Å². The molecule has 0 bridgehead atoms. The van der Waals surface area contributed by atoms with Crippen molar-refractivity contribution in [2.75, 3.05) is 19.8 Å². The van der Waals surface area contributed by atoms with Crippen molar-refractivity contribution in [1.29, 1.82) is 0 Å². The summed E-state index contributed by atoms with van der Waals surface area (Å²) in [6.45, 7) is 5.77. The molecule has 0 saturated heterocycles. The Morgan fingerprint density at radius 2 is 1.71 bits per heavy atom. The molecule has 5 heteroatoms. The average molecular weight is 334 g/mol. The Labute approximate surface area is 140 Å². The molecule has 1 aliphatic rings. The first-order valence-electron chi connectivity index (χ1n) is 8.34. The summed E-state index contributed by atoms with van der Waals surface area (Å²) < 4.78 is 38.9. The summed E-state index contributed by atoms with van der Waals surface area (Å²) in [6.07, 6.45) is 0.876. The maximum atomic E-state index is 14.3. The van der Waals surface area contributed by atoms with E-state index in [1.165, 1.54) is 12.1 Å². The topological polar surface area (TPSA) is 35.1 Å². The van der Waals surface area contributed by atoms with Gasteiger partial charge in [-0.25, -0.2) is 8.78 Å². The van der Waals surface area contributed by atoms with E-state index in [4.69, 9.17) is 9.47 Å². The zero-order valence-electron chi connectivity index (χ0n) is 13.9. The summed E-state index contributed by atoms with van der Waals surface area (Å²) in [4.78, 5) is 0. The third-order valence-corrected chi connectivity index (χ3v) is 4.25. The fourth-order valence-corrected chi connectivity index (χ4v) is 3.24. The first-order chi connectivity index (χ1) is 11.6. The van der Waals surface area contributed by atoms with E-state index in [2.05, 4.69) is 5.32 Å². The van der Waals surface area contributed by atoms with E-state index in [0.29, 0.717) is 24.5 Å². The molecule has 0 radical (unpaired) electrons. The van der Waals surface area contributed by atoms with E-state index in [0.717, 1.165) is 35.9 Å². The third-order valence-electron chi connectivity index (χ3n) is 4.25. The first kappa shape index (κ1) is 16.7. The average Bonchev–Trinajstić information content (AvgIpc) is 2.56. The van der Waals surface area contributed by atoms with Crippen LogP contribution in [0.25, 0.3) is 0 Å². The van der Waals surface area contributed by atoms with Gasteiger partial charge in [-0.05, 0) is 43.7 Å². The minimum atomic E-state index is -0.561. The summed E-state index contributed by atoms with van der Waals surface area (Å²) in [5.74, 6) is 0.309. The highest BCUT2D eigenvalue weighted by atomic mass is 19.1. The van der Waals surface area contributed by atoms with E-state index in [9.17, 15) is 8.78 Å². The maximum Gasteiger partial charge on any atom is 0.161 e. The van der Waals surface area contributed by atoms with Crippen LogP contribution in [-0.4, -0.2) is 19.8 Å². The number of hydrogen-bond donors (Lipinski definition) is 1. The maximum absolute atomic E-state index is 14.3. The molecule has 0 aliphatic carbocycles. The van der Waals surface area contributed by atoms with Crippen LogP contribution in [0.15, 0.2) is 30.3 Å². The number of ether oxygens (including phenoxy) is 2. The normalized spacial score (nSPS) is 16.6. The fourth-order valence-electron chi connectivity index (χ4n) is 3.24. The number of nitrogens with two attached hydrogens (primary N) is 1. The van der Waals surface area contributed by atoms with Crippen molar-refractivity contribution in [3.8, 4) is 11.5 Å². The number of quaternary nitrogens is 1. The Morgan fingerprint density at radius 1 is 1.00 bits per heavy atom. The number of benzene rings is 2. The standard InChI is InChI=1S/C19H21F2NO2/c1-3-23-17-9-12-7-8-22-19(15(12)11-18(17)24-4-2)14-6-5-13(20)10-16(14)21/h5-6,9-11,19,22H,3-4,7-8H2,1-2H3/p+1/t19-/m0/s1. The predicted molar refractivity (Wildman–Crippen MR) is 87.5 cm³/mol. The van der Waals surface area contributed by atoms with Gasteiger partial charge in [0.1, 0.15) is 17.7 Å². The summed E-state index contributed by atoms with van der Waals surface area (Å²) in [6, 6.07) is 7.49. The lowest BCUT2D eigenvalue weighted by Gasteiger charge is -2.26. The van der Waals surface area contributed by atoms with Gasteiger partial charge in [-0.2, -0.15) is 0 Å². The van der Waals surface area contributed by atoms with Gasteiger partial charge in [0.25, 0.3) is 0 Å². The van der Waals surface area contributed by atoms with E-state index >= 15 is 0 Å².